The summed E-state index contributed by atoms with van der Waals surface area (Å²) in [7, 11) is 1.33. The van der Waals surface area contributed by atoms with E-state index in [2.05, 4.69) is 26.0 Å². The van der Waals surface area contributed by atoms with Crippen molar-refractivity contribution in [2.24, 2.45) is 0 Å². The van der Waals surface area contributed by atoms with Gasteiger partial charge in [-0.3, -0.25) is 9.36 Å². The topological polar surface area (TPSA) is 94.1 Å². The number of carbonyl (C=O) groups is 1. The van der Waals surface area contributed by atoms with Crippen LogP contribution in [-0.2, 0) is 27.9 Å². The molecule has 1 unspecified atom stereocenters. The molecule has 8 nitrogen and oxygen atoms in total. The van der Waals surface area contributed by atoms with Gasteiger partial charge in [0, 0.05) is 6.42 Å². The number of unbranched alkanes of at least 4 members (excludes halogenated alkanes) is 27. The summed E-state index contributed by atoms with van der Waals surface area (Å²) in [6.07, 6.45) is 45.7. The van der Waals surface area contributed by atoms with Crippen molar-refractivity contribution in [3.63, 3.8) is 0 Å². The number of allylic oxidation sites excluding steroid dienone is 3. The summed E-state index contributed by atoms with van der Waals surface area (Å²) in [6, 6.07) is 0. The van der Waals surface area contributed by atoms with E-state index in [4.69, 9.17) is 18.5 Å². The maximum atomic E-state index is 12.7. The lowest BCUT2D eigenvalue weighted by molar-refractivity contribution is -0.870. The minimum absolute atomic E-state index is 0.0167. The molecule has 0 saturated carbocycles. The van der Waals surface area contributed by atoms with Crippen LogP contribution in [0.15, 0.2) is 24.5 Å². The van der Waals surface area contributed by atoms with Gasteiger partial charge in [0.15, 0.2) is 6.10 Å². The van der Waals surface area contributed by atoms with Crippen LogP contribution in [0.4, 0.5) is 0 Å². The number of hydrogen-bond acceptors (Lipinski definition) is 7. The van der Waals surface area contributed by atoms with Crippen molar-refractivity contribution in [2.75, 3.05) is 47.5 Å². The zero-order valence-corrected chi connectivity index (χ0v) is 37.8. The molecule has 0 aromatic heterocycles. The van der Waals surface area contributed by atoms with E-state index < -0.39 is 13.9 Å². The molecule has 0 rings (SSSR count). The molecule has 0 aliphatic carbocycles. The number of hydrogen-bond donors (Lipinski definition) is 0. The Hall–Kier alpha value is -1.18. The van der Waals surface area contributed by atoms with Gasteiger partial charge in [0.1, 0.15) is 19.8 Å². The van der Waals surface area contributed by atoms with E-state index in [9.17, 15) is 14.3 Å². The van der Waals surface area contributed by atoms with Gasteiger partial charge in [0.05, 0.1) is 34.0 Å². The van der Waals surface area contributed by atoms with Gasteiger partial charge in [-0.1, -0.05) is 174 Å². The van der Waals surface area contributed by atoms with Gasteiger partial charge in [-0.05, 0) is 51.0 Å². The molecule has 0 aromatic rings. The van der Waals surface area contributed by atoms with Gasteiger partial charge < -0.3 is 27.9 Å². The first kappa shape index (κ1) is 53.8. The molecule has 0 aromatic carbocycles. The third kappa shape index (κ3) is 43.8. The summed E-state index contributed by atoms with van der Waals surface area (Å²) in [5.41, 5.74) is 0. The molecule has 0 N–H and O–H groups in total. The second kappa shape index (κ2) is 39.6. The molecule has 0 bridgehead atoms. The maximum Gasteiger partial charge on any atom is 0.306 e. The summed E-state index contributed by atoms with van der Waals surface area (Å²) in [4.78, 5) is 25.0. The highest BCUT2D eigenvalue weighted by Gasteiger charge is 2.20. The van der Waals surface area contributed by atoms with Crippen molar-refractivity contribution in [1.29, 1.82) is 0 Å². The molecule has 0 aliphatic heterocycles. The monoisotopic (exact) mass is 800 g/mol. The largest absolute Gasteiger partial charge is 0.756 e. The molecule has 9 heteroatoms. The highest BCUT2D eigenvalue weighted by atomic mass is 31.2. The van der Waals surface area contributed by atoms with Crippen LogP contribution in [0, 0.1) is 0 Å². The molecule has 326 valence electrons. The van der Waals surface area contributed by atoms with Crippen LogP contribution in [0.1, 0.15) is 213 Å². The summed E-state index contributed by atoms with van der Waals surface area (Å²) in [6.45, 7) is 4.75. The van der Waals surface area contributed by atoms with Crippen molar-refractivity contribution in [1.82, 2.24) is 0 Å². The number of ether oxygens (including phenoxy) is 2. The van der Waals surface area contributed by atoms with Crippen molar-refractivity contribution in [2.45, 2.75) is 219 Å². The standard InChI is InChI=1S/C46H90NO7P/c1-6-8-10-12-14-16-18-20-22-23-24-26-28-30-32-34-36-38-41-51-43-45(44-53-55(49,50)52-42-40-47(3,4)5)54-46(48)39-37-35-33-31-29-27-25-21-19-17-15-13-11-9-7-2/h21,25,38,41,45H,6-20,22-24,26-37,39-40,42-44H2,1-5H3/b25-21+,41-38+/t45-/m1/s1. The normalized spacial score (nSPS) is 13.9. The van der Waals surface area contributed by atoms with Crippen LogP contribution >= 0.6 is 7.82 Å². The number of nitrogens with zero attached hydrogens (tertiary/aromatic N) is 1. The second-order valence-corrected chi connectivity index (χ2v) is 18.2. The number of phosphoric ester groups is 1. The fraction of sp³-hybridized carbons (Fsp3) is 0.891. The van der Waals surface area contributed by atoms with Gasteiger partial charge in [0.25, 0.3) is 7.82 Å². The fourth-order valence-electron chi connectivity index (χ4n) is 6.45. The van der Waals surface area contributed by atoms with E-state index in [1.54, 1.807) is 6.26 Å². The van der Waals surface area contributed by atoms with Crippen molar-refractivity contribution < 1.29 is 37.3 Å². The maximum absolute atomic E-state index is 12.7. The van der Waals surface area contributed by atoms with Crippen LogP contribution in [0.5, 0.6) is 0 Å². The molecule has 2 atom stereocenters. The number of phosphoric acid groups is 1. The van der Waals surface area contributed by atoms with Gasteiger partial charge in [-0.15, -0.1) is 0 Å². The van der Waals surface area contributed by atoms with E-state index in [1.807, 2.05) is 27.2 Å². The summed E-state index contributed by atoms with van der Waals surface area (Å²) in [5, 5.41) is 0. The summed E-state index contributed by atoms with van der Waals surface area (Å²) < 4.78 is 34.4. The smallest absolute Gasteiger partial charge is 0.306 e. The Morgan fingerprint density at radius 2 is 0.964 bits per heavy atom. The van der Waals surface area contributed by atoms with E-state index in [0.717, 1.165) is 44.9 Å². The first-order valence-corrected chi connectivity index (χ1v) is 24.6. The minimum Gasteiger partial charge on any atom is -0.756 e. The number of carbonyl (C=O) groups excluding carboxylic acids is 1. The van der Waals surface area contributed by atoms with Crippen LogP contribution in [0.2, 0.25) is 0 Å². The Morgan fingerprint density at radius 3 is 1.40 bits per heavy atom. The minimum atomic E-state index is -4.54. The lowest BCUT2D eigenvalue weighted by Crippen LogP contribution is -2.37. The average Bonchev–Trinajstić information content (AvgIpc) is 3.13. The van der Waals surface area contributed by atoms with Gasteiger partial charge in [-0.2, -0.15) is 0 Å². The SMILES string of the molecule is CCCCCCCC/C=C/CCCCCCCC(=O)O[C@H](CO/C=C/CCCCCCCCCCCCCCCCCC)COP(=O)([O-])OCC[N+](C)(C)C. The fourth-order valence-corrected chi connectivity index (χ4v) is 7.18. The van der Waals surface area contributed by atoms with Gasteiger partial charge >= 0.3 is 5.97 Å². The van der Waals surface area contributed by atoms with Crippen LogP contribution in [-0.4, -0.2) is 64.1 Å². The lowest BCUT2D eigenvalue weighted by atomic mass is 10.0. The Morgan fingerprint density at radius 1 is 0.564 bits per heavy atom. The molecule has 0 heterocycles. The lowest BCUT2D eigenvalue weighted by Gasteiger charge is -2.28. The van der Waals surface area contributed by atoms with Crippen molar-refractivity contribution >= 4 is 13.8 Å². The quantitative estimate of drug-likeness (QED) is 0.0151. The Labute approximate surface area is 341 Å². The molecular weight excluding hydrogens is 709 g/mol. The van der Waals surface area contributed by atoms with Crippen LogP contribution < -0.4 is 4.89 Å². The Bertz CT molecular complexity index is 936. The molecule has 0 aliphatic rings. The zero-order chi connectivity index (χ0) is 40.6. The Kier molecular flexibility index (Phi) is 38.8. The van der Waals surface area contributed by atoms with Crippen LogP contribution in [0.3, 0.4) is 0 Å². The molecule has 0 saturated heterocycles. The Balaban J connectivity index is 4.24. The van der Waals surface area contributed by atoms with Crippen molar-refractivity contribution in [3.8, 4) is 0 Å². The van der Waals surface area contributed by atoms with E-state index in [0.29, 0.717) is 17.4 Å². The zero-order valence-electron chi connectivity index (χ0n) is 36.9. The average molecular weight is 800 g/mol. The first-order valence-electron chi connectivity index (χ1n) is 23.1. The summed E-state index contributed by atoms with van der Waals surface area (Å²) in [5.74, 6) is -0.362. The molecule has 0 fully saturated rings. The molecule has 0 radical (unpaired) electrons. The molecule has 0 spiro atoms. The highest BCUT2D eigenvalue weighted by Crippen LogP contribution is 2.38. The molecule has 55 heavy (non-hydrogen) atoms. The first-order chi connectivity index (χ1) is 26.6. The number of esters is 1. The third-order valence-electron chi connectivity index (χ3n) is 10.1. The van der Waals surface area contributed by atoms with E-state index >= 15 is 0 Å². The van der Waals surface area contributed by atoms with Crippen molar-refractivity contribution in [3.05, 3.63) is 24.5 Å². The number of likely N-dealkylation sites (N-methyl/N-ethyl adjacent to an activating group) is 1. The van der Waals surface area contributed by atoms with Gasteiger partial charge in [-0.25, -0.2) is 0 Å². The number of quaternary nitrogens is 1. The van der Waals surface area contributed by atoms with E-state index in [1.165, 1.54) is 148 Å². The third-order valence-corrected chi connectivity index (χ3v) is 11.0. The predicted octanol–water partition coefficient (Wildman–Crippen LogP) is 13.3. The second-order valence-electron chi connectivity index (χ2n) is 16.8. The number of rotatable bonds is 43. The molecular formula is C46H90NO7P. The highest BCUT2D eigenvalue weighted by molar-refractivity contribution is 7.45. The molecule has 0 amide bonds. The van der Waals surface area contributed by atoms with Crippen LogP contribution in [0.25, 0.3) is 0 Å². The van der Waals surface area contributed by atoms with E-state index in [-0.39, 0.29) is 25.8 Å². The summed E-state index contributed by atoms with van der Waals surface area (Å²) >= 11 is 0. The van der Waals surface area contributed by atoms with Gasteiger partial charge in [0.2, 0.25) is 0 Å². The predicted molar refractivity (Wildman–Crippen MR) is 231 cm³/mol.